The Morgan fingerprint density at radius 1 is 0.967 bits per heavy atom. The summed E-state index contributed by atoms with van der Waals surface area (Å²) in [5.41, 5.74) is 16.4. The third-order valence-corrected chi connectivity index (χ3v) is 6.04. The number of aromatic nitrogens is 1. The molecule has 0 atom stereocenters. The summed E-state index contributed by atoms with van der Waals surface area (Å²) in [6, 6.07) is 15.0. The maximum absolute atomic E-state index is 6.09. The fraction of sp³-hybridized carbons (Fsp3) is 0.417. The number of nitrogens with zero attached hydrogens (tertiary/aromatic N) is 3. The molecule has 1 saturated heterocycles. The molecule has 160 valence electrons. The molecule has 0 spiro atoms. The largest absolute Gasteiger partial charge is 0.492 e. The maximum Gasteiger partial charge on any atom is 0.120 e. The summed E-state index contributed by atoms with van der Waals surface area (Å²) >= 11 is 0. The van der Waals surface area contributed by atoms with Crippen LogP contribution in [0.5, 0.6) is 5.75 Å². The van der Waals surface area contributed by atoms with Crippen LogP contribution in [0.1, 0.15) is 11.1 Å². The van der Waals surface area contributed by atoms with Crippen LogP contribution in [0.4, 0.5) is 5.69 Å². The first-order valence-electron chi connectivity index (χ1n) is 10.8. The van der Waals surface area contributed by atoms with Gasteiger partial charge in [0, 0.05) is 69.1 Å². The van der Waals surface area contributed by atoms with Gasteiger partial charge >= 0.3 is 0 Å². The van der Waals surface area contributed by atoms with Gasteiger partial charge in [0.15, 0.2) is 0 Å². The van der Waals surface area contributed by atoms with E-state index in [-0.39, 0.29) is 0 Å². The van der Waals surface area contributed by atoms with Gasteiger partial charge in [-0.2, -0.15) is 0 Å². The Bertz CT molecular complexity index is 958. The molecule has 0 saturated carbocycles. The van der Waals surface area contributed by atoms with Gasteiger partial charge in [-0.25, -0.2) is 0 Å². The highest BCUT2D eigenvalue weighted by Gasteiger charge is 2.17. The van der Waals surface area contributed by atoms with Crippen molar-refractivity contribution in [1.82, 2.24) is 9.47 Å². The van der Waals surface area contributed by atoms with Crippen LogP contribution in [0.3, 0.4) is 0 Å². The number of aryl methyl sites for hydroxylation is 1. The van der Waals surface area contributed by atoms with Crippen LogP contribution in [-0.2, 0) is 20.0 Å². The van der Waals surface area contributed by atoms with Crippen molar-refractivity contribution in [2.24, 2.45) is 18.5 Å². The normalized spacial score (nSPS) is 15.1. The van der Waals surface area contributed by atoms with Gasteiger partial charge in [0.25, 0.3) is 0 Å². The molecule has 0 amide bonds. The van der Waals surface area contributed by atoms with Crippen molar-refractivity contribution in [3.8, 4) is 5.75 Å². The number of hydrogen-bond donors (Lipinski definition) is 2. The highest BCUT2D eigenvalue weighted by atomic mass is 16.5. The second-order valence-electron chi connectivity index (χ2n) is 8.03. The van der Waals surface area contributed by atoms with Crippen LogP contribution < -0.4 is 21.1 Å². The standard InChI is InChI=1S/C24H33N5O/c1-27-18-20(8-9-25)23-16-22(6-7-24(23)27)30-15-14-28-10-12-29(13-11-28)21-4-2-19(17-26)3-5-21/h2-7,16,18H,8-15,17,25-26H2,1H3. The van der Waals surface area contributed by atoms with E-state index < -0.39 is 0 Å². The van der Waals surface area contributed by atoms with Crippen molar-refractivity contribution in [3.63, 3.8) is 0 Å². The summed E-state index contributed by atoms with van der Waals surface area (Å²) in [6.45, 7) is 7.10. The molecule has 3 aromatic rings. The average molecular weight is 408 g/mol. The highest BCUT2D eigenvalue weighted by Crippen LogP contribution is 2.26. The van der Waals surface area contributed by atoms with Crippen molar-refractivity contribution < 1.29 is 4.74 Å². The van der Waals surface area contributed by atoms with Crippen molar-refractivity contribution >= 4 is 16.6 Å². The topological polar surface area (TPSA) is 72.7 Å². The SMILES string of the molecule is Cn1cc(CCN)c2cc(OCCN3CCN(c4ccc(CN)cc4)CC3)ccc21. The summed E-state index contributed by atoms with van der Waals surface area (Å²) in [4.78, 5) is 4.92. The van der Waals surface area contributed by atoms with Gasteiger partial charge in [0.2, 0.25) is 0 Å². The summed E-state index contributed by atoms with van der Waals surface area (Å²) in [5.74, 6) is 0.936. The molecule has 6 heteroatoms. The Hall–Kier alpha value is -2.54. The van der Waals surface area contributed by atoms with Crippen LogP contribution in [-0.4, -0.2) is 55.3 Å². The molecule has 0 aliphatic carbocycles. The van der Waals surface area contributed by atoms with E-state index in [1.54, 1.807) is 0 Å². The molecular formula is C24H33N5O. The Morgan fingerprint density at radius 3 is 2.43 bits per heavy atom. The molecule has 1 aliphatic heterocycles. The van der Waals surface area contributed by atoms with E-state index in [1.807, 2.05) is 0 Å². The minimum atomic E-state index is 0.597. The van der Waals surface area contributed by atoms with Gasteiger partial charge in [0.1, 0.15) is 12.4 Å². The first-order chi connectivity index (χ1) is 14.7. The maximum atomic E-state index is 6.09. The third-order valence-electron chi connectivity index (χ3n) is 6.04. The molecule has 4 N–H and O–H groups in total. The highest BCUT2D eigenvalue weighted by molar-refractivity contribution is 5.85. The lowest BCUT2D eigenvalue weighted by Gasteiger charge is -2.36. The van der Waals surface area contributed by atoms with E-state index in [0.717, 1.165) is 44.9 Å². The molecule has 2 aromatic carbocycles. The number of rotatable bonds is 8. The Kier molecular flexibility index (Phi) is 6.57. The van der Waals surface area contributed by atoms with Crippen LogP contribution in [0.25, 0.3) is 10.9 Å². The van der Waals surface area contributed by atoms with E-state index in [1.165, 1.54) is 27.7 Å². The zero-order valence-corrected chi connectivity index (χ0v) is 17.9. The minimum Gasteiger partial charge on any atom is -0.492 e. The molecular weight excluding hydrogens is 374 g/mol. The summed E-state index contributed by atoms with van der Waals surface area (Å²) < 4.78 is 8.25. The van der Waals surface area contributed by atoms with Crippen LogP contribution in [0, 0.1) is 0 Å². The fourth-order valence-electron chi connectivity index (χ4n) is 4.26. The smallest absolute Gasteiger partial charge is 0.120 e. The number of benzene rings is 2. The van der Waals surface area contributed by atoms with Crippen molar-refractivity contribution in [3.05, 3.63) is 59.8 Å². The molecule has 0 bridgehead atoms. The number of nitrogens with two attached hydrogens (primary N) is 2. The minimum absolute atomic E-state index is 0.597. The number of piperazine rings is 1. The average Bonchev–Trinajstić information content (AvgIpc) is 3.09. The molecule has 2 heterocycles. The van der Waals surface area contributed by atoms with Gasteiger partial charge in [-0.15, -0.1) is 0 Å². The number of anilines is 1. The second-order valence-corrected chi connectivity index (χ2v) is 8.03. The summed E-state index contributed by atoms with van der Waals surface area (Å²) in [7, 11) is 2.08. The molecule has 30 heavy (non-hydrogen) atoms. The lowest BCUT2D eigenvalue weighted by atomic mass is 10.1. The zero-order valence-electron chi connectivity index (χ0n) is 17.9. The van der Waals surface area contributed by atoms with E-state index >= 15 is 0 Å². The monoisotopic (exact) mass is 407 g/mol. The lowest BCUT2D eigenvalue weighted by Crippen LogP contribution is -2.47. The van der Waals surface area contributed by atoms with Crippen LogP contribution in [0.15, 0.2) is 48.7 Å². The molecule has 0 radical (unpaired) electrons. The third kappa shape index (κ3) is 4.61. The van der Waals surface area contributed by atoms with Crippen LogP contribution in [0.2, 0.25) is 0 Å². The van der Waals surface area contributed by atoms with Gasteiger partial charge in [-0.1, -0.05) is 12.1 Å². The molecule has 0 unspecified atom stereocenters. The Labute approximate surface area is 179 Å². The number of ether oxygens (including phenoxy) is 1. The Morgan fingerprint density at radius 2 is 1.73 bits per heavy atom. The second kappa shape index (κ2) is 9.51. The Balaban J connectivity index is 1.27. The van der Waals surface area contributed by atoms with E-state index in [4.69, 9.17) is 16.2 Å². The first kappa shape index (κ1) is 20.7. The fourth-order valence-corrected chi connectivity index (χ4v) is 4.26. The number of fused-ring (bicyclic) bond motifs is 1. The lowest BCUT2D eigenvalue weighted by molar-refractivity contribution is 0.200. The van der Waals surface area contributed by atoms with Crippen molar-refractivity contribution in [1.29, 1.82) is 0 Å². The molecule has 1 aromatic heterocycles. The zero-order chi connectivity index (χ0) is 20.9. The molecule has 1 fully saturated rings. The molecule has 1 aliphatic rings. The van der Waals surface area contributed by atoms with Crippen molar-refractivity contribution in [2.75, 3.05) is 50.8 Å². The first-order valence-corrected chi connectivity index (χ1v) is 10.8. The summed E-state index contributed by atoms with van der Waals surface area (Å²) in [6.07, 6.45) is 3.06. The predicted octanol–water partition coefficient (Wildman–Crippen LogP) is 2.34. The van der Waals surface area contributed by atoms with Gasteiger partial charge in [0.05, 0.1) is 0 Å². The quantitative estimate of drug-likeness (QED) is 0.600. The van der Waals surface area contributed by atoms with Gasteiger partial charge in [-0.3, -0.25) is 4.90 Å². The predicted molar refractivity (Wildman–Crippen MR) is 124 cm³/mol. The molecule has 4 rings (SSSR count). The summed E-state index contributed by atoms with van der Waals surface area (Å²) in [5, 5.41) is 1.25. The molecule has 6 nitrogen and oxygen atoms in total. The van der Waals surface area contributed by atoms with Gasteiger partial charge < -0.3 is 25.7 Å². The van der Waals surface area contributed by atoms with E-state index in [2.05, 4.69) is 70.1 Å². The van der Waals surface area contributed by atoms with E-state index in [0.29, 0.717) is 19.7 Å². The van der Waals surface area contributed by atoms with Crippen LogP contribution >= 0.6 is 0 Å². The van der Waals surface area contributed by atoms with Crippen molar-refractivity contribution in [2.45, 2.75) is 13.0 Å². The van der Waals surface area contributed by atoms with E-state index in [9.17, 15) is 0 Å². The number of hydrogen-bond acceptors (Lipinski definition) is 5. The van der Waals surface area contributed by atoms with Gasteiger partial charge in [-0.05, 0) is 54.4 Å².